The minimum atomic E-state index is -0.157. The van der Waals surface area contributed by atoms with Crippen molar-refractivity contribution in [1.82, 2.24) is 4.57 Å². The third-order valence-corrected chi connectivity index (χ3v) is 14.6. The molecule has 0 fully saturated rings. The van der Waals surface area contributed by atoms with Crippen LogP contribution in [-0.2, 0) is 5.41 Å². The van der Waals surface area contributed by atoms with Crippen LogP contribution in [0.2, 0.25) is 0 Å². The summed E-state index contributed by atoms with van der Waals surface area (Å²) in [7, 11) is 0. The maximum Gasteiger partial charge on any atom is 0.0547 e. The Bertz CT molecular complexity index is 3890. The Balaban J connectivity index is 0.916. The smallest absolute Gasteiger partial charge is 0.0547 e. The molecule has 12 aromatic rings. The van der Waals surface area contributed by atoms with Crippen molar-refractivity contribution < 1.29 is 0 Å². The molecule has 1 aromatic heterocycles. The van der Waals surface area contributed by atoms with E-state index in [0.717, 1.165) is 17.1 Å². The van der Waals surface area contributed by atoms with Crippen LogP contribution in [0.3, 0.4) is 0 Å². The van der Waals surface area contributed by atoms with Crippen LogP contribution < -0.4 is 4.90 Å². The monoisotopic (exact) mass is 880 g/mol. The highest BCUT2D eigenvalue weighted by Gasteiger charge is 2.38. The van der Waals surface area contributed by atoms with Crippen molar-refractivity contribution in [2.75, 3.05) is 4.90 Å². The van der Waals surface area contributed by atoms with Gasteiger partial charge in [-0.25, -0.2) is 0 Å². The van der Waals surface area contributed by atoms with Crippen molar-refractivity contribution >= 4 is 49.6 Å². The predicted octanol–water partition coefficient (Wildman–Crippen LogP) is 18.4. The number of anilines is 3. The lowest BCUT2D eigenvalue weighted by molar-refractivity contribution is 0.656. The maximum atomic E-state index is 2.52. The minimum absolute atomic E-state index is 0.157. The van der Waals surface area contributed by atoms with E-state index in [2.05, 4.69) is 278 Å². The van der Waals surface area contributed by atoms with Crippen LogP contribution in [0.1, 0.15) is 25.0 Å². The Morgan fingerprint density at radius 1 is 0.333 bits per heavy atom. The Kier molecular flexibility index (Phi) is 9.55. The highest BCUT2D eigenvalue weighted by atomic mass is 15.1. The van der Waals surface area contributed by atoms with Crippen LogP contribution in [-0.4, -0.2) is 4.57 Å². The summed E-state index contributed by atoms with van der Waals surface area (Å²) >= 11 is 0. The SMILES string of the molecule is CC1(C)c2ccccc2-c2cccc(-n3c4ccccc4c4c(-c5cccc(N(c6ccc(-c7ccccc7)cc6)c6ccc(-c7ccc(-c8cccc9ccccc89)cc7)cc6)c5)cccc43)c21. The molecule has 2 nitrogen and oxygen atoms in total. The van der Waals surface area contributed by atoms with Gasteiger partial charge in [-0.15, -0.1) is 0 Å². The van der Waals surface area contributed by atoms with E-state index in [-0.39, 0.29) is 5.41 Å². The Labute approximate surface area is 403 Å². The van der Waals surface area contributed by atoms with Gasteiger partial charge in [-0.1, -0.05) is 214 Å². The largest absolute Gasteiger partial charge is 0.310 e. The third-order valence-electron chi connectivity index (χ3n) is 14.6. The molecule has 2 heteroatoms. The van der Waals surface area contributed by atoms with Gasteiger partial charge in [-0.3, -0.25) is 0 Å². The van der Waals surface area contributed by atoms with E-state index >= 15 is 0 Å². The fourth-order valence-corrected chi connectivity index (χ4v) is 11.3. The first-order valence-corrected chi connectivity index (χ1v) is 24.0. The minimum Gasteiger partial charge on any atom is -0.310 e. The molecule has 0 atom stereocenters. The average molecular weight is 881 g/mol. The molecule has 0 radical (unpaired) electrons. The van der Waals surface area contributed by atoms with Gasteiger partial charge >= 0.3 is 0 Å². The van der Waals surface area contributed by atoms with E-state index in [1.165, 1.54) is 105 Å². The molecule has 0 saturated heterocycles. The molecule has 1 aliphatic rings. The Hall–Kier alpha value is -8.72. The van der Waals surface area contributed by atoms with Gasteiger partial charge < -0.3 is 9.47 Å². The van der Waals surface area contributed by atoms with Crippen molar-refractivity contribution in [3.05, 3.63) is 266 Å². The Morgan fingerprint density at radius 2 is 0.841 bits per heavy atom. The number of aromatic nitrogens is 1. The van der Waals surface area contributed by atoms with E-state index in [1.807, 2.05) is 0 Å². The van der Waals surface area contributed by atoms with Crippen LogP contribution in [0.4, 0.5) is 17.1 Å². The topological polar surface area (TPSA) is 8.17 Å². The molecule has 1 heterocycles. The van der Waals surface area contributed by atoms with E-state index in [1.54, 1.807) is 0 Å². The summed E-state index contributed by atoms with van der Waals surface area (Å²) in [5.41, 5.74) is 21.8. The van der Waals surface area contributed by atoms with Crippen molar-refractivity contribution in [3.8, 4) is 61.3 Å². The van der Waals surface area contributed by atoms with E-state index < -0.39 is 0 Å². The molecule has 0 saturated carbocycles. The standard InChI is InChI=1S/C67H48N2/c1-67(2)61-28-10-8-23-58(61)59-27-15-31-64(66(59)67)69-62-29-11-9-24-60(62)65-57(26-14-30-63(65)69)51-20-12-21-54(44-51)68(52-40-36-47(37-41-52)45-16-4-3-5-17-45)53-42-38-48(39-43-53)46-32-34-50(35-33-46)56-25-13-19-49-18-6-7-22-55(49)56/h3-44H,1-2H3. The fourth-order valence-electron chi connectivity index (χ4n) is 11.3. The summed E-state index contributed by atoms with van der Waals surface area (Å²) in [6.07, 6.45) is 0. The molecule has 0 unspecified atom stereocenters. The first-order chi connectivity index (χ1) is 34.0. The van der Waals surface area contributed by atoms with Gasteiger partial charge in [0, 0.05) is 33.2 Å². The van der Waals surface area contributed by atoms with Crippen molar-refractivity contribution in [2.24, 2.45) is 0 Å². The summed E-state index contributed by atoms with van der Waals surface area (Å²) in [4.78, 5) is 2.39. The number of benzene rings is 11. The molecule has 69 heavy (non-hydrogen) atoms. The second-order valence-electron chi connectivity index (χ2n) is 18.9. The van der Waals surface area contributed by atoms with Gasteiger partial charge in [0.1, 0.15) is 0 Å². The maximum absolute atomic E-state index is 2.52. The lowest BCUT2D eigenvalue weighted by atomic mass is 9.81. The zero-order valence-electron chi connectivity index (χ0n) is 38.6. The number of hydrogen-bond donors (Lipinski definition) is 0. The van der Waals surface area contributed by atoms with Gasteiger partial charge in [-0.2, -0.15) is 0 Å². The number of hydrogen-bond acceptors (Lipinski definition) is 1. The lowest BCUT2D eigenvalue weighted by Crippen LogP contribution is -2.17. The predicted molar refractivity (Wildman–Crippen MR) is 292 cm³/mol. The Morgan fingerprint density at radius 3 is 1.61 bits per heavy atom. The molecule has 0 aliphatic heterocycles. The van der Waals surface area contributed by atoms with E-state index in [4.69, 9.17) is 0 Å². The molecule has 0 N–H and O–H groups in total. The van der Waals surface area contributed by atoms with Crippen LogP contribution in [0.25, 0.3) is 93.9 Å². The van der Waals surface area contributed by atoms with Gasteiger partial charge in [0.05, 0.1) is 16.7 Å². The molecule has 326 valence electrons. The van der Waals surface area contributed by atoms with Gasteiger partial charge in [-0.05, 0) is 132 Å². The molecule has 0 amide bonds. The zero-order chi connectivity index (χ0) is 46.1. The summed E-state index contributed by atoms with van der Waals surface area (Å²) in [6.45, 7) is 4.76. The molecular formula is C67H48N2. The summed E-state index contributed by atoms with van der Waals surface area (Å²) < 4.78 is 2.52. The van der Waals surface area contributed by atoms with Gasteiger partial charge in [0.2, 0.25) is 0 Å². The third kappa shape index (κ3) is 6.71. The number of nitrogens with zero attached hydrogens (tertiary/aromatic N) is 2. The van der Waals surface area contributed by atoms with Crippen molar-refractivity contribution in [2.45, 2.75) is 19.3 Å². The van der Waals surface area contributed by atoms with E-state index in [0.29, 0.717) is 0 Å². The first-order valence-electron chi connectivity index (χ1n) is 24.0. The molecular weight excluding hydrogens is 833 g/mol. The van der Waals surface area contributed by atoms with Crippen molar-refractivity contribution in [1.29, 1.82) is 0 Å². The van der Waals surface area contributed by atoms with Crippen LogP contribution in [0.5, 0.6) is 0 Å². The first kappa shape index (κ1) is 40.5. The molecule has 0 spiro atoms. The van der Waals surface area contributed by atoms with Crippen LogP contribution in [0.15, 0.2) is 255 Å². The molecule has 1 aliphatic carbocycles. The number of rotatable bonds is 8. The molecule has 11 aromatic carbocycles. The van der Waals surface area contributed by atoms with Crippen molar-refractivity contribution in [3.63, 3.8) is 0 Å². The lowest BCUT2D eigenvalue weighted by Gasteiger charge is -2.26. The second-order valence-corrected chi connectivity index (χ2v) is 18.9. The fraction of sp³-hybridized carbons (Fsp3) is 0.0448. The summed E-state index contributed by atoms with van der Waals surface area (Å²) in [5.74, 6) is 0. The average Bonchev–Trinajstić information content (AvgIpc) is 3.88. The normalized spacial score (nSPS) is 12.6. The number of fused-ring (bicyclic) bond motifs is 7. The van der Waals surface area contributed by atoms with E-state index in [9.17, 15) is 0 Å². The molecule has 13 rings (SSSR count). The van der Waals surface area contributed by atoms with Crippen LogP contribution >= 0.6 is 0 Å². The quantitative estimate of drug-likeness (QED) is 0.148. The summed E-state index contributed by atoms with van der Waals surface area (Å²) in [5, 5.41) is 5.03. The highest BCUT2D eigenvalue weighted by molar-refractivity contribution is 6.16. The van der Waals surface area contributed by atoms with Crippen LogP contribution in [0, 0.1) is 0 Å². The number of para-hydroxylation sites is 1. The van der Waals surface area contributed by atoms with Gasteiger partial charge in [0.25, 0.3) is 0 Å². The van der Waals surface area contributed by atoms with Gasteiger partial charge in [0.15, 0.2) is 0 Å². The summed E-state index contributed by atoms with van der Waals surface area (Å²) in [6, 6.07) is 93.4. The molecule has 0 bridgehead atoms. The zero-order valence-corrected chi connectivity index (χ0v) is 38.6. The highest BCUT2D eigenvalue weighted by Crippen LogP contribution is 2.52. The second kappa shape index (κ2) is 16.3.